The topological polar surface area (TPSA) is 119 Å². The molecular formula is C8H10N4O4. The number of carbonyl (C=O) groups is 1. The molecule has 1 fully saturated rings. The van der Waals surface area contributed by atoms with E-state index in [1.807, 2.05) is 4.98 Å². The fourth-order valence-corrected chi connectivity index (χ4v) is 1.71. The van der Waals surface area contributed by atoms with Crippen LogP contribution in [0.15, 0.2) is 9.59 Å². The molecule has 0 radical (unpaired) electrons. The quantitative estimate of drug-likeness (QED) is 0.557. The van der Waals surface area contributed by atoms with E-state index in [2.05, 4.69) is 10.2 Å². The average Bonchev–Trinajstić information content (AvgIpc) is 2.66. The van der Waals surface area contributed by atoms with Crippen molar-refractivity contribution in [2.45, 2.75) is 6.42 Å². The van der Waals surface area contributed by atoms with E-state index in [9.17, 15) is 14.4 Å². The number of hydrogen-bond acceptors (Lipinski definition) is 5. The number of nitrogens with zero attached hydrogens (tertiary/aromatic N) is 2. The Kier molecular flexibility index (Phi) is 2.47. The van der Waals surface area contributed by atoms with E-state index < -0.39 is 23.1 Å². The predicted octanol–water partition coefficient (Wildman–Crippen LogP) is -1.63. The summed E-state index contributed by atoms with van der Waals surface area (Å²) in [6.45, 7) is 0.677. The summed E-state index contributed by atoms with van der Waals surface area (Å²) in [6.07, 6.45) is 0.468. The van der Waals surface area contributed by atoms with E-state index in [1.165, 1.54) is 0 Å². The number of nitrogens with one attached hydrogen (secondary N) is 2. The van der Waals surface area contributed by atoms with Gasteiger partial charge in [-0.3, -0.25) is 14.6 Å². The van der Waals surface area contributed by atoms with Crippen molar-refractivity contribution in [2.24, 2.45) is 5.92 Å². The first kappa shape index (κ1) is 10.4. The highest BCUT2D eigenvalue weighted by molar-refractivity contribution is 5.71. The average molecular weight is 226 g/mol. The Morgan fingerprint density at radius 3 is 2.81 bits per heavy atom. The van der Waals surface area contributed by atoms with Crippen LogP contribution in [0.3, 0.4) is 0 Å². The van der Waals surface area contributed by atoms with Crippen LogP contribution in [-0.4, -0.2) is 39.3 Å². The van der Waals surface area contributed by atoms with Gasteiger partial charge in [0.1, 0.15) is 0 Å². The largest absolute Gasteiger partial charge is 0.481 e. The zero-order valence-electron chi connectivity index (χ0n) is 8.27. The molecule has 0 amide bonds. The van der Waals surface area contributed by atoms with Crippen molar-refractivity contribution in [3.63, 3.8) is 0 Å². The highest BCUT2D eigenvalue weighted by atomic mass is 16.4. The van der Waals surface area contributed by atoms with E-state index in [4.69, 9.17) is 5.11 Å². The van der Waals surface area contributed by atoms with Gasteiger partial charge in [-0.1, -0.05) is 0 Å². The second-order valence-corrected chi connectivity index (χ2v) is 3.60. The molecule has 2 heterocycles. The summed E-state index contributed by atoms with van der Waals surface area (Å²) in [4.78, 5) is 36.4. The first-order chi connectivity index (χ1) is 7.58. The number of carboxylic acids is 1. The van der Waals surface area contributed by atoms with Crippen molar-refractivity contribution in [1.82, 2.24) is 15.2 Å². The number of aliphatic carboxylic acids is 1. The van der Waals surface area contributed by atoms with Crippen LogP contribution >= 0.6 is 0 Å². The lowest BCUT2D eigenvalue weighted by Crippen LogP contribution is -2.33. The first-order valence-electron chi connectivity index (χ1n) is 4.74. The van der Waals surface area contributed by atoms with Crippen LogP contribution < -0.4 is 16.1 Å². The molecular weight excluding hydrogens is 216 g/mol. The molecule has 1 aromatic heterocycles. The summed E-state index contributed by atoms with van der Waals surface area (Å²) >= 11 is 0. The predicted molar refractivity (Wildman–Crippen MR) is 53.4 cm³/mol. The molecule has 1 aliphatic heterocycles. The number of anilines is 1. The Balaban J connectivity index is 2.24. The lowest BCUT2D eigenvalue weighted by atomic mass is 10.1. The van der Waals surface area contributed by atoms with Crippen molar-refractivity contribution in [1.29, 1.82) is 0 Å². The number of H-pyrrole nitrogens is 2. The minimum absolute atomic E-state index is 0.0587. The summed E-state index contributed by atoms with van der Waals surface area (Å²) in [6, 6.07) is 0. The standard InChI is InChI=1S/C8H10N4O4/c13-6-5(10-11-8(16)9-6)12-2-1-4(3-12)7(14)15/h4H,1-3H2,(H,14,15)(H2,9,11,13,16). The van der Waals surface area contributed by atoms with Gasteiger partial charge in [-0.05, 0) is 6.42 Å². The van der Waals surface area contributed by atoms with Crippen molar-refractivity contribution < 1.29 is 9.90 Å². The molecule has 0 bridgehead atoms. The second kappa shape index (κ2) is 3.80. The fraction of sp³-hybridized carbons (Fsp3) is 0.500. The van der Waals surface area contributed by atoms with Gasteiger partial charge in [-0.25, -0.2) is 9.89 Å². The summed E-state index contributed by atoms with van der Waals surface area (Å²) < 4.78 is 0. The number of hydrogen-bond donors (Lipinski definition) is 3. The van der Waals surface area contributed by atoms with Crippen LogP contribution in [0, 0.1) is 5.92 Å². The third-order valence-corrected chi connectivity index (χ3v) is 2.53. The second-order valence-electron chi connectivity index (χ2n) is 3.60. The van der Waals surface area contributed by atoms with Crippen LogP contribution in [-0.2, 0) is 4.79 Å². The SMILES string of the molecule is O=C(O)C1CCN(c2n[nH]c(=O)[nH]c2=O)C1. The Labute approximate surface area is 88.9 Å². The van der Waals surface area contributed by atoms with Gasteiger partial charge in [0.25, 0.3) is 5.56 Å². The lowest BCUT2D eigenvalue weighted by Gasteiger charge is -2.14. The van der Waals surface area contributed by atoms with Gasteiger partial charge in [0.05, 0.1) is 5.92 Å². The van der Waals surface area contributed by atoms with Gasteiger partial charge in [-0.15, -0.1) is 5.10 Å². The Hall–Kier alpha value is -2.12. The highest BCUT2D eigenvalue weighted by Crippen LogP contribution is 2.18. The van der Waals surface area contributed by atoms with Crippen LogP contribution in [0.25, 0.3) is 0 Å². The smallest absolute Gasteiger partial charge is 0.342 e. The third kappa shape index (κ3) is 1.81. The molecule has 1 saturated heterocycles. The minimum Gasteiger partial charge on any atom is -0.481 e. The molecule has 0 aliphatic carbocycles. The number of carboxylic acid groups (broad SMARTS) is 1. The van der Waals surface area contributed by atoms with Gasteiger partial charge < -0.3 is 10.0 Å². The van der Waals surface area contributed by atoms with E-state index in [0.29, 0.717) is 13.0 Å². The molecule has 86 valence electrons. The van der Waals surface area contributed by atoms with Crippen LogP contribution in [0.1, 0.15) is 6.42 Å². The maximum Gasteiger partial charge on any atom is 0.342 e. The van der Waals surface area contributed by atoms with Gasteiger partial charge in [0.15, 0.2) is 0 Å². The summed E-state index contributed by atoms with van der Waals surface area (Å²) in [5.41, 5.74) is -1.28. The zero-order chi connectivity index (χ0) is 11.7. The Bertz CT molecular complexity index is 519. The zero-order valence-corrected chi connectivity index (χ0v) is 8.27. The molecule has 1 atom stereocenters. The molecule has 2 rings (SSSR count). The van der Waals surface area contributed by atoms with Crippen molar-refractivity contribution in [2.75, 3.05) is 18.0 Å². The number of rotatable bonds is 2. The minimum atomic E-state index is -0.886. The monoisotopic (exact) mass is 226 g/mol. The molecule has 16 heavy (non-hydrogen) atoms. The van der Waals surface area contributed by atoms with E-state index in [-0.39, 0.29) is 12.4 Å². The van der Waals surface area contributed by atoms with Gasteiger partial charge >= 0.3 is 11.7 Å². The van der Waals surface area contributed by atoms with Crippen LogP contribution in [0.2, 0.25) is 0 Å². The van der Waals surface area contributed by atoms with E-state index >= 15 is 0 Å². The summed E-state index contributed by atoms with van der Waals surface area (Å²) in [5, 5.41) is 14.5. The maximum absolute atomic E-state index is 11.4. The fourth-order valence-electron chi connectivity index (χ4n) is 1.71. The molecule has 3 N–H and O–H groups in total. The maximum atomic E-state index is 11.4. The third-order valence-electron chi connectivity index (χ3n) is 2.53. The number of aromatic nitrogens is 3. The van der Waals surface area contributed by atoms with Crippen LogP contribution in [0.4, 0.5) is 5.82 Å². The molecule has 8 nitrogen and oxygen atoms in total. The molecule has 0 saturated carbocycles. The Morgan fingerprint density at radius 1 is 1.50 bits per heavy atom. The van der Waals surface area contributed by atoms with Gasteiger partial charge in [0, 0.05) is 13.1 Å². The summed E-state index contributed by atoms with van der Waals surface area (Å²) in [7, 11) is 0. The first-order valence-corrected chi connectivity index (χ1v) is 4.74. The van der Waals surface area contributed by atoms with Crippen LogP contribution in [0.5, 0.6) is 0 Å². The molecule has 0 aromatic carbocycles. The van der Waals surface area contributed by atoms with Gasteiger partial charge in [-0.2, -0.15) is 0 Å². The van der Waals surface area contributed by atoms with Gasteiger partial charge in [0.2, 0.25) is 5.82 Å². The Morgan fingerprint density at radius 2 is 2.25 bits per heavy atom. The van der Waals surface area contributed by atoms with Crippen molar-refractivity contribution in [3.05, 3.63) is 20.8 Å². The van der Waals surface area contributed by atoms with E-state index in [1.54, 1.807) is 4.90 Å². The molecule has 1 aromatic rings. The molecule has 0 spiro atoms. The normalized spacial score (nSPS) is 20.0. The van der Waals surface area contributed by atoms with Crippen molar-refractivity contribution in [3.8, 4) is 0 Å². The highest BCUT2D eigenvalue weighted by Gasteiger charge is 2.30. The lowest BCUT2D eigenvalue weighted by molar-refractivity contribution is -0.140. The molecule has 8 heteroatoms. The summed E-state index contributed by atoms with van der Waals surface area (Å²) in [5.74, 6) is -1.32. The van der Waals surface area contributed by atoms with E-state index in [0.717, 1.165) is 0 Å². The molecule has 1 aliphatic rings. The van der Waals surface area contributed by atoms with Crippen molar-refractivity contribution >= 4 is 11.8 Å². The molecule has 1 unspecified atom stereocenters. The number of aromatic amines is 2.